The Morgan fingerprint density at radius 3 is 2.55 bits per heavy atom. The summed E-state index contributed by atoms with van der Waals surface area (Å²) in [7, 11) is -0.0111. The molecule has 0 saturated carbocycles. The van der Waals surface area contributed by atoms with Crippen molar-refractivity contribution in [3.05, 3.63) is 23.6 Å². The third-order valence-electron chi connectivity index (χ3n) is 4.60. The molecule has 1 amide bonds. The molecule has 1 saturated heterocycles. The van der Waals surface area contributed by atoms with Gasteiger partial charge in [0.15, 0.2) is 5.13 Å². The van der Waals surface area contributed by atoms with Crippen molar-refractivity contribution < 1.29 is 22.7 Å². The maximum absolute atomic E-state index is 12.4. The number of nitrogens with one attached hydrogen (secondary N) is 1. The number of thiazole rings is 1. The van der Waals surface area contributed by atoms with Gasteiger partial charge in [0, 0.05) is 43.2 Å². The number of carbonyl (C=O) groups is 1. The standard InChI is InChI=1S/C18H24N4O5S2/c1-26-13-4-5-14(16(10-13)27-2)15-12-28-18(19-15)20-17(23)11-21-6-8-22(9-7-21)29(3,24)25/h4-5,10,12H,6-9,11H2,1-3H3,(H,19,20,23). The number of hydrogen-bond acceptors (Lipinski definition) is 8. The third kappa shape index (κ3) is 5.44. The van der Waals surface area contributed by atoms with E-state index in [9.17, 15) is 13.2 Å². The lowest BCUT2D eigenvalue weighted by Crippen LogP contribution is -2.50. The lowest BCUT2D eigenvalue weighted by atomic mass is 10.1. The van der Waals surface area contributed by atoms with Crippen molar-refractivity contribution in [1.82, 2.24) is 14.2 Å². The Kier molecular flexibility index (Phi) is 6.73. The predicted molar refractivity (Wildman–Crippen MR) is 112 cm³/mol. The average Bonchev–Trinajstić information content (AvgIpc) is 3.15. The van der Waals surface area contributed by atoms with E-state index >= 15 is 0 Å². The Bertz CT molecular complexity index is 968. The summed E-state index contributed by atoms with van der Waals surface area (Å²) in [6.45, 7) is 2.02. The molecule has 0 bridgehead atoms. The number of anilines is 1. The number of benzene rings is 1. The van der Waals surface area contributed by atoms with Gasteiger partial charge in [-0.3, -0.25) is 9.69 Å². The minimum atomic E-state index is -3.18. The first-order valence-corrected chi connectivity index (χ1v) is 11.7. The quantitative estimate of drug-likeness (QED) is 0.693. The van der Waals surface area contributed by atoms with Crippen LogP contribution in [0.5, 0.6) is 11.5 Å². The zero-order valence-corrected chi connectivity index (χ0v) is 18.2. The van der Waals surface area contributed by atoms with Crippen LogP contribution in [0.25, 0.3) is 11.3 Å². The maximum Gasteiger partial charge on any atom is 0.240 e. The number of amides is 1. The molecule has 9 nitrogen and oxygen atoms in total. The van der Waals surface area contributed by atoms with E-state index in [1.165, 1.54) is 21.9 Å². The Morgan fingerprint density at radius 2 is 1.93 bits per heavy atom. The lowest BCUT2D eigenvalue weighted by molar-refractivity contribution is -0.117. The van der Waals surface area contributed by atoms with Gasteiger partial charge in [-0.1, -0.05) is 0 Å². The van der Waals surface area contributed by atoms with Gasteiger partial charge in [0.25, 0.3) is 0 Å². The normalized spacial score (nSPS) is 15.8. The molecule has 0 aliphatic carbocycles. The number of nitrogens with zero attached hydrogens (tertiary/aromatic N) is 3. The molecule has 0 atom stereocenters. The molecule has 0 spiro atoms. The first-order valence-electron chi connectivity index (χ1n) is 8.95. The van der Waals surface area contributed by atoms with Gasteiger partial charge in [-0.2, -0.15) is 4.31 Å². The lowest BCUT2D eigenvalue weighted by Gasteiger charge is -2.32. The number of rotatable bonds is 7. The number of carbonyl (C=O) groups excluding carboxylic acids is 1. The van der Waals surface area contributed by atoms with Crippen molar-refractivity contribution in [3.8, 4) is 22.8 Å². The molecule has 3 rings (SSSR count). The van der Waals surface area contributed by atoms with Crippen LogP contribution in [0.3, 0.4) is 0 Å². The van der Waals surface area contributed by atoms with Crippen LogP contribution in [0.1, 0.15) is 0 Å². The van der Waals surface area contributed by atoms with Gasteiger partial charge in [-0.05, 0) is 12.1 Å². The number of aromatic nitrogens is 1. The summed E-state index contributed by atoms with van der Waals surface area (Å²) in [5.74, 6) is 1.14. The van der Waals surface area contributed by atoms with Crippen molar-refractivity contribution in [2.75, 3.05) is 58.5 Å². The molecule has 29 heavy (non-hydrogen) atoms. The highest BCUT2D eigenvalue weighted by Crippen LogP contribution is 2.34. The molecule has 1 aromatic carbocycles. The van der Waals surface area contributed by atoms with Gasteiger partial charge >= 0.3 is 0 Å². The summed E-state index contributed by atoms with van der Waals surface area (Å²) < 4.78 is 35.2. The molecular weight excluding hydrogens is 416 g/mol. The first kappa shape index (κ1) is 21.5. The summed E-state index contributed by atoms with van der Waals surface area (Å²) in [5.41, 5.74) is 1.51. The van der Waals surface area contributed by atoms with Crippen LogP contribution in [0.4, 0.5) is 5.13 Å². The molecule has 158 valence electrons. The number of methoxy groups -OCH3 is 2. The smallest absolute Gasteiger partial charge is 0.240 e. The van der Waals surface area contributed by atoms with E-state index in [0.717, 1.165) is 5.56 Å². The van der Waals surface area contributed by atoms with Gasteiger partial charge in [0.2, 0.25) is 15.9 Å². The van der Waals surface area contributed by atoms with E-state index in [1.54, 1.807) is 20.3 Å². The molecule has 1 N–H and O–H groups in total. The predicted octanol–water partition coefficient (Wildman–Crippen LogP) is 1.34. The van der Waals surface area contributed by atoms with Crippen LogP contribution in [0.2, 0.25) is 0 Å². The largest absolute Gasteiger partial charge is 0.497 e. The Balaban J connectivity index is 1.59. The summed E-state index contributed by atoms with van der Waals surface area (Å²) in [5, 5.41) is 5.16. The zero-order valence-electron chi connectivity index (χ0n) is 16.5. The number of hydrogen-bond donors (Lipinski definition) is 1. The van der Waals surface area contributed by atoms with Crippen LogP contribution in [-0.4, -0.2) is 81.7 Å². The van der Waals surface area contributed by atoms with Gasteiger partial charge in [-0.25, -0.2) is 13.4 Å². The summed E-state index contributed by atoms with van der Waals surface area (Å²) in [4.78, 5) is 18.8. The Morgan fingerprint density at radius 1 is 1.21 bits per heavy atom. The maximum atomic E-state index is 12.4. The molecule has 1 fully saturated rings. The van der Waals surface area contributed by atoms with Crippen LogP contribution in [0.15, 0.2) is 23.6 Å². The van der Waals surface area contributed by atoms with E-state index in [-0.39, 0.29) is 12.5 Å². The van der Waals surface area contributed by atoms with E-state index in [0.29, 0.717) is 48.5 Å². The fraction of sp³-hybridized carbons (Fsp3) is 0.444. The summed E-state index contributed by atoms with van der Waals surface area (Å²) >= 11 is 1.33. The number of sulfonamides is 1. The molecule has 1 aliphatic rings. The SMILES string of the molecule is COc1ccc(-c2csc(NC(=O)CN3CCN(S(C)(=O)=O)CC3)n2)c(OC)c1. The van der Waals surface area contributed by atoms with Gasteiger partial charge in [0.05, 0.1) is 32.7 Å². The van der Waals surface area contributed by atoms with Crippen molar-refractivity contribution in [1.29, 1.82) is 0 Å². The van der Waals surface area contributed by atoms with Crippen LogP contribution >= 0.6 is 11.3 Å². The second-order valence-corrected chi connectivity index (χ2v) is 9.43. The fourth-order valence-corrected chi connectivity index (χ4v) is 4.60. The highest BCUT2D eigenvalue weighted by atomic mass is 32.2. The van der Waals surface area contributed by atoms with Gasteiger partial charge < -0.3 is 14.8 Å². The van der Waals surface area contributed by atoms with E-state index in [4.69, 9.17) is 9.47 Å². The molecule has 0 radical (unpaired) electrons. The number of ether oxygens (including phenoxy) is 2. The van der Waals surface area contributed by atoms with E-state index in [1.807, 2.05) is 22.4 Å². The summed E-state index contributed by atoms with van der Waals surface area (Å²) in [6.07, 6.45) is 1.20. The molecule has 1 aromatic heterocycles. The molecular formula is C18H24N4O5S2. The topological polar surface area (TPSA) is 101 Å². The minimum absolute atomic E-state index is 0.180. The Hall–Kier alpha value is -2.21. The number of piperazine rings is 1. The van der Waals surface area contributed by atoms with Crippen molar-refractivity contribution in [2.24, 2.45) is 0 Å². The highest BCUT2D eigenvalue weighted by molar-refractivity contribution is 7.88. The first-order chi connectivity index (χ1) is 13.8. The molecule has 0 unspecified atom stereocenters. The fourth-order valence-electron chi connectivity index (χ4n) is 3.05. The monoisotopic (exact) mass is 440 g/mol. The summed E-state index contributed by atoms with van der Waals surface area (Å²) in [6, 6.07) is 5.47. The van der Waals surface area contributed by atoms with Gasteiger partial charge in [0.1, 0.15) is 11.5 Å². The zero-order chi connectivity index (χ0) is 21.0. The highest BCUT2D eigenvalue weighted by Gasteiger charge is 2.24. The van der Waals surface area contributed by atoms with Crippen molar-refractivity contribution >= 4 is 32.4 Å². The Labute approximate surface area is 174 Å². The van der Waals surface area contributed by atoms with Crippen molar-refractivity contribution in [2.45, 2.75) is 0 Å². The van der Waals surface area contributed by atoms with Crippen LogP contribution in [0, 0.1) is 0 Å². The third-order valence-corrected chi connectivity index (χ3v) is 6.66. The second-order valence-electron chi connectivity index (χ2n) is 6.59. The average molecular weight is 441 g/mol. The minimum Gasteiger partial charge on any atom is -0.497 e. The second kappa shape index (κ2) is 9.08. The van der Waals surface area contributed by atoms with Crippen LogP contribution < -0.4 is 14.8 Å². The van der Waals surface area contributed by atoms with E-state index < -0.39 is 10.0 Å². The molecule has 11 heteroatoms. The van der Waals surface area contributed by atoms with E-state index in [2.05, 4.69) is 10.3 Å². The molecule has 2 aromatic rings. The van der Waals surface area contributed by atoms with Gasteiger partial charge in [-0.15, -0.1) is 11.3 Å². The van der Waals surface area contributed by atoms with Crippen LogP contribution in [-0.2, 0) is 14.8 Å². The molecule has 1 aliphatic heterocycles. The van der Waals surface area contributed by atoms with Crippen molar-refractivity contribution in [3.63, 3.8) is 0 Å². The molecule has 2 heterocycles.